The summed E-state index contributed by atoms with van der Waals surface area (Å²) in [6.07, 6.45) is 13.7. The van der Waals surface area contributed by atoms with Gasteiger partial charge in [0.25, 0.3) is 0 Å². The predicted molar refractivity (Wildman–Crippen MR) is 94.3 cm³/mol. The van der Waals surface area contributed by atoms with Gasteiger partial charge in [0.2, 0.25) is 0 Å². The Labute approximate surface area is 141 Å². The van der Waals surface area contributed by atoms with Crippen LogP contribution in [-0.4, -0.2) is 29.2 Å². The molecule has 0 aliphatic rings. The number of allylic oxidation sites excluding steroid dienone is 2. The van der Waals surface area contributed by atoms with E-state index in [1.807, 2.05) is 12.3 Å². The lowest BCUT2D eigenvalue weighted by Crippen LogP contribution is -2.20. The quantitative estimate of drug-likeness (QED) is 0.238. The van der Waals surface area contributed by atoms with Crippen LogP contribution in [0, 0.1) is 22.7 Å². The number of nitrogens with zero attached hydrogens (tertiary/aromatic N) is 3. The molecule has 4 heteroatoms. The number of aliphatic hydroxyl groups excluding tert-OH is 1. The third-order valence-corrected chi connectivity index (χ3v) is 3.72. The van der Waals surface area contributed by atoms with E-state index in [2.05, 4.69) is 18.7 Å². The van der Waals surface area contributed by atoms with Crippen molar-refractivity contribution in [2.75, 3.05) is 13.1 Å². The van der Waals surface area contributed by atoms with Crippen LogP contribution in [0.2, 0.25) is 0 Å². The summed E-state index contributed by atoms with van der Waals surface area (Å²) in [5.74, 6) is 0. The Morgan fingerprint density at radius 1 is 1.00 bits per heavy atom. The smallest absolute Gasteiger partial charge is 0.175 e. The zero-order valence-corrected chi connectivity index (χ0v) is 14.7. The molecule has 0 fully saturated rings. The van der Waals surface area contributed by atoms with Gasteiger partial charge in [-0.25, -0.2) is 0 Å². The summed E-state index contributed by atoms with van der Waals surface area (Å²) in [6, 6.07) is 3.53. The number of aliphatic hydroxyl groups is 1. The van der Waals surface area contributed by atoms with Crippen molar-refractivity contribution in [2.24, 2.45) is 0 Å². The summed E-state index contributed by atoms with van der Waals surface area (Å²) in [4.78, 5) is 2.27. The molecular weight excluding hydrogens is 286 g/mol. The zero-order chi connectivity index (χ0) is 17.3. The maximum absolute atomic E-state index is 9.38. The molecule has 0 spiro atoms. The van der Waals surface area contributed by atoms with E-state index in [1.165, 1.54) is 57.4 Å². The monoisotopic (exact) mass is 317 g/mol. The second-order valence-electron chi connectivity index (χ2n) is 5.76. The second kappa shape index (κ2) is 15.1. The minimum atomic E-state index is -1.34. The van der Waals surface area contributed by atoms with E-state index < -0.39 is 6.10 Å². The molecule has 0 amide bonds. The van der Waals surface area contributed by atoms with Crippen molar-refractivity contribution in [2.45, 2.75) is 71.3 Å². The number of hydrogen-bond donors (Lipinski definition) is 1. The topological polar surface area (TPSA) is 71.1 Å². The van der Waals surface area contributed by atoms with Gasteiger partial charge < -0.3 is 10.0 Å². The van der Waals surface area contributed by atoms with E-state index in [0.29, 0.717) is 0 Å². The Kier molecular flexibility index (Phi) is 14.0. The highest BCUT2D eigenvalue weighted by atomic mass is 16.3. The number of unbranched alkanes of at least 4 members (excludes halogenated alkanes) is 6. The molecule has 1 N–H and O–H groups in total. The SMILES string of the molecule is CCCCCCN(C=CC=C(C#N)C(O)C#N)CCCCCC. The van der Waals surface area contributed by atoms with Gasteiger partial charge in [-0.05, 0) is 31.2 Å². The summed E-state index contributed by atoms with van der Waals surface area (Å²) in [7, 11) is 0. The van der Waals surface area contributed by atoms with Gasteiger partial charge in [0, 0.05) is 13.1 Å². The molecule has 0 aliphatic carbocycles. The number of hydrogen-bond acceptors (Lipinski definition) is 4. The molecule has 4 nitrogen and oxygen atoms in total. The average Bonchev–Trinajstić information content (AvgIpc) is 2.57. The third kappa shape index (κ3) is 11.4. The van der Waals surface area contributed by atoms with Gasteiger partial charge in [-0.2, -0.15) is 10.5 Å². The maximum Gasteiger partial charge on any atom is 0.175 e. The van der Waals surface area contributed by atoms with Crippen LogP contribution in [0.25, 0.3) is 0 Å². The summed E-state index contributed by atoms with van der Waals surface area (Å²) in [6.45, 7) is 6.44. The number of rotatable bonds is 13. The molecule has 0 saturated carbocycles. The first-order chi connectivity index (χ1) is 11.2. The minimum absolute atomic E-state index is 0.0839. The van der Waals surface area contributed by atoms with E-state index in [1.54, 1.807) is 12.1 Å². The van der Waals surface area contributed by atoms with Crippen molar-refractivity contribution in [1.82, 2.24) is 4.90 Å². The lowest BCUT2D eigenvalue weighted by atomic mass is 10.1. The molecule has 0 aromatic rings. The molecule has 0 heterocycles. The van der Waals surface area contributed by atoms with Crippen LogP contribution in [0.1, 0.15) is 65.2 Å². The van der Waals surface area contributed by atoms with Crippen LogP contribution in [0.3, 0.4) is 0 Å². The lowest BCUT2D eigenvalue weighted by Gasteiger charge is -2.20. The predicted octanol–water partition coefficient (Wildman–Crippen LogP) is 4.30. The van der Waals surface area contributed by atoms with Crippen molar-refractivity contribution in [3.63, 3.8) is 0 Å². The van der Waals surface area contributed by atoms with Crippen molar-refractivity contribution in [3.8, 4) is 12.1 Å². The molecule has 0 aliphatic heterocycles. The normalized spacial score (nSPS) is 12.8. The Hall–Kier alpha value is -1.78. The first-order valence-corrected chi connectivity index (χ1v) is 8.79. The summed E-state index contributed by atoms with van der Waals surface area (Å²) in [5, 5.41) is 27.0. The highest BCUT2D eigenvalue weighted by molar-refractivity contribution is 5.33. The van der Waals surface area contributed by atoms with Crippen molar-refractivity contribution in [3.05, 3.63) is 23.9 Å². The van der Waals surface area contributed by atoms with Crippen LogP contribution >= 0.6 is 0 Å². The van der Waals surface area contributed by atoms with Gasteiger partial charge in [-0.3, -0.25) is 0 Å². The van der Waals surface area contributed by atoms with E-state index in [4.69, 9.17) is 10.5 Å². The molecule has 0 radical (unpaired) electrons. The molecule has 23 heavy (non-hydrogen) atoms. The lowest BCUT2D eigenvalue weighted by molar-refractivity contribution is 0.270. The molecule has 0 aromatic heterocycles. The molecule has 1 atom stereocenters. The Bertz CT molecular complexity index is 417. The standard InChI is InChI=1S/C19H31N3O/c1-3-5-7-9-13-22(14-10-8-6-4-2)15-11-12-18(16-20)19(23)17-21/h11-12,15,19,23H,3-10,13-14H2,1-2H3. The third-order valence-electron chi connectivity index (χ3n) is 3.72. The summed E-state index contributed by atoms with van der Waals surface area (Å²) < 4.78 is 0. The first-order valence-electron chi connectivity index (χ1n) is 8.79. The Morgan fingerprint density at radius 2 is 1.57 bits per heavy atom. The van der Waals surface area contributed by atoms with Crippen LogP contribution in [0.15, 0.2) is 23.9 Å². The van der Waals surface area contributed by atoms with E-state index in [-0.39, 0.29) is 5.57 Å². The van der Waals surface area contributed by atoms with Crippen LogP contribution in [-0.2, 0) is 0 Å². The summed E-state index contributed by atoms with van der Waals surface area (Å²) in [5.41, 5.74) is 0.0839. The molecule has 0 bridgehead atoms. The van der Waals surface area contributed by atoms with Crippen LogP contribution in [0.5, 0.6) is 0 Å². The molecule has 128 valence electrons. The highest BCUT2D eigenvalue weighted by Crippen LogP contribution is 2.07. The van der Waals surface area contributed by atoms with E-state index in [9.17, 15) is 5.11 Å². The van der Waals surface area contributed by atoms with Gasteiger partial charge >= 0.3 is 0 Å². The first kappa shape index (κ1) is 21.2. The fourth-order valence-electron chi connectivity index (χ4n) is 2.27. The average molecular weight is 317 g/mol. The zero-order valence-electron chi connectivity index (χ0n) is 14.7. The molecular formula is C19H31N3O. The van der Waals surface area contributed by atoms with Crippen molar-refractivity contribution < 1.29 is 5.11 Å². The number of nitriles is 2. The van der Waals surface area contributed by atoms with Crippen molar-refractivity contribution in [1.29, 1.82) is 10.5 Å². The second-order valence-corrected chi connectivity index (χ2v) is 5.76. The van der Waals surface area contributed by atoms with Crippen LogP contribution < -0.4 is 0 Å². The summed E-state index contributed by atoms with van der Waals surface area (Å²) >= 11 is 0. The van der Waals surface area contributed by atoms with Gasteiger partial charge in [-0.15, -0.1) is 0 Å². The van der Waals surface area contributed by atoms with Gasteiger partial charge in [0.05, 0.1) is 17.7 Å². The Morgan fingerprint density at radius 3 is 2.00 bits per heavy atom. The minimum Gasteiger partial charge on any atom is -0.377 e. The fourth-order valence-corrected chi connectivity index (χ4v) is 2.27. The highest BCUT2D eigenvalue weighted by Gasteiger charge is 2.06. The molecule has 0 rings (SSSR count). The van der Waals surface area contributed by atoms with Gasteiger partial charge in [-0.1, -0.05) is 52.4 Å². The molecule has 1 unspecified atom stereocenters. The van der Waals surface area contributed by atoms with Gasteiger partial charge in [0.15, 0.2) is 6.10 Å². The molecule has 0 aromatic carbocycles. The van der Waals surface area contributed by atoms with E-state index in [0.717, 1.165) is 13.1 Å². The molecule has 0 saturated heterocycles. The fraction of sp³-hybridized carbons (Fsp3) is 0.684. The van der Waals surface area contributed by atoms with Crippen molar-refractivity contribution >= 4 is 0 Å². The van der Waals surface area contributed by atoms with E-state index >= 15 is 0 Å². The van der Waals surface area contributed by atoms with Crippen LogP contribution in [0.4, 0.5) is 0 Å². The maximum atomic E-state index is 9.38. The largest absolute Gasteiger partial charge is 0.377 e. The van der Waals surface area contributed by atoms with Gasteiger partial charge in [0.1, 0.15) is 0 Å². The Balaban J connectivity index is 4.52.